The largest absolute Gasteiger partial charge is 0.396 e. The maximum Gasteiger partial charge on any atom is 0.0716 e. The highest BCUT2D eigenvalue weighted by Gasteiger charge is 1.90. The van der Waals surface area contributed by atoms with Crippen molar-refractivity contribution in [1.82, 2.24) is 0 Å². The van der Waals surface area contributed by atoms with E-state index in [1.165, 1.54) is 0 Å². The molecule has 0 aliphatic carbocycles. The molecule has 0 saturated carbocycles. The van der Waals surface area contributed by atoms with E-state index >= 15 is 0 Å². The quantitative estimate of drug-likeness (QED) is 0.573. The Bertz CT molecular complexity index is 149. The van der Waals surface area contributed by atoms with Gasteiger partial charge in [-0.1, -0.05) is 0 Å². The highest BCUT2D eigenvalue weighted by molar-refractivity contribution is 5.06. The van der Waals surface area contributed by atoms with Crippen molar-refractivity contribution in [1.29, 1.82) is 0 Å². The molecule has 0 atom stereocenters. The van der Waals surface area contributed by atoms with Gasteiger partial charge in [-0.05, 0) is 25.0 Å². The van der Waals surface area contributed by atoms with Gasteiger partial charge in [-0.2, -0.15) is 0 Å². The zero-order valence-corrected chi connectivity index (χ0v) is 6.52. The minimum Gasteiger partial charge on any atom is -0.396 e. The monoisotopic (exact) mass is 142 g/mol. The molecular weight excluding hydrogens is 128 g/mol. The van der Waals surface area contributed by atoms with Gasteiger partial charge < -0.3 is 10.2 Å². The lowest BCUT2D eigenvalue weighted by Crippen LogP contribution is -1.92. The normalized spacial score (nSPS) is 8.80. The SMILES string of the molecule is CC(C)=C=C(CO)CCO. The summed E-state index contributed by atoms with van der Waals surface area (Å²) in [4.78, 5) is 0. The Balaban J connectivity index is 4.18. The summed E-state index contributed by atoms with van der Waals surface area (Å²) in [5, 5.41) is 17.2. The van der Waals surface area contributed by atoms with Crippen LogP contribution in [0.1, 0.15) is 20.3 Å². The molecule has 0 unspecified atom stereocenters. The van der Waals surface area contributed by atoms with Crippen molar-refractivity contribution in [2.24, 2.45) is 0 Å². The standard InChI is InChI=1S/C8H14O2/c1-7(2)5-8(6-10)3-4-9/h9-10H,3-4,6H2,1-2H3. The Morgan fingerprint density at radius 3 is 2.20 bits per heavy atom. The number of rotatable bonds is 3. The summed E-state index contributed by atoms with van der Waals surface area (Å²) < 4.78 is 0. The molecule has 0 aromatic rings. The number of aliphatic hydroxyl groups is 2. The van der Waals surface area contributed by atoms with Gasteiger partial charge in [-0.3, -0.25) is 0 Å². The first-order valence-electron chi connectivity index (χ1n) is 3.34. The molecule has 0 spiro atoms. The average Bonchev–Trinajstić information content (AvgIpc) is 1.86. The van der Waals surface area contributed by atoms with Crippen LogP contribution in [0.4, 0.5) is 0 Å². The van der Waals surface area contributed by atoms with Gasteiger partial charge in [0, 0.05) is 13.0 Å². The van der Waals surface area contributed by atoms with Crippen LogP contribution in [0, 0.1) is 0 Å². The number of aliphatic hydroxyl groups excluding tert-OH is 2. The van der Waals surface area contributed by atoms with E-state index in [0.29, 0.717) is 6.42 Å². The summed E-state index contributed by atoms with van der Waals surface area (Å²) in [7, 11) is 0. The van der Waals surface area contributed by atoms with Crippen LogP contribution in [0.15, 0.2) is 16.9 Å². The Morgan fingerprint density at radius 1 is 1.30 bits per heavy atom. The Morgan fingerprint density at radius 2 is 1.90 bits per heavy atom. The molecule has 0 aromatic heterocycles. The third-order valence-corrected chi connectivity index (χ3v) is 1.03. The van der Waals surface area contributed by atoms with Crippen molar-refractivity contribution in [3.8, 4) is 0 Å². The number of hydrogen-bond acceptors (Lipinski definition) is 2. The fourth-order valence-electron chi connectivity index (χ4n) is 0.670. The lowest BCUT2D eigenvalue weighted by molar-refractivity contribution is 0.279. The van der Waals surface area contributed by atoms with Gasteiger partial charge >= 0.3 is 0 Å². The van der Waals surface area contributed by atoms with Crippen LogP contribution in [-0.2, 0) is 0 Å². The summed E-state index contributed by atoms with van der Waals surface area (Å²) in [6.07, 6.45) is 0.516. The summed E-state index contributed by atoms with van der Waals surface area (Å²) >= 11 is 0. The molecule has 0 aliphatic heterocycles. The summed E-state index contributed by atoms with van der Waals surface area (Å²) in [5.41, 5.74) is 4.75. The highest BCUT2D eigenvalue weighted by atomic mass is 16.3. The van der Waals surface area contributed by atoms with Crippen molar-refractivity contribution >= 4 is 0 Å². The Labute approximate surface area is 61.5 Å². The van der Waals surface area contributed by atoms with E-state index in [4.69, 9.17) is 10.2 Å². The molecule has 0 fully saturated rings. The highest BCUT2D eigenvalue weighted by Crippen LogP contribution is 1.98. The van der Waals surface area contributed by atoms with Crippen LogP contribution >= 0.6 is 0 Å². The molecule has 0 bridgehead atoms. The van der Waals surface area contributed by atoms with E-state index in [0.717, 1.165) is 11.1 Å². The van der Waals surface area contributed by atoms with Crippen molar-refractivity contribution in [2.75, 3.05) is 13.2 Å². The molecule has 10 heavy (non-hydrogen) atoms. The molecule has 0 saturated heterocycles. The molecule has 0 aromatic carbocycles. The average molecular weight is 142 g/mol. The smallest absolute Gasteiger partial charge is 0.0716 e. The van der Waals surface area contributed by atoms with Crippen molar-refractivity contribution in [3.05, 3.63) is 16.9 Å². The second kappa shape index (κ2) is 5.24. The predicted octanol–water partition coefficient (Wildman–Crippen LogP) is 0.853. The molecule has 2 nitrogen and oxygen atoms in total. The maximum absolute atomic E-state index is 8.68. The van der Waals surface area contributed by atoms with Gasteiger partial charge in [-0.25, -0.2) is 0 Å². The third kappa shape index (κ3) is 4.33. The van der Waals surface area contributed by atoms with E-state index in [2.05, 4.69) is 5.73 Å². The fourth-order valence-corrected chi connectivity index (χ4v) is 0.670. The van der Waals surface area contributed by atoms with E-state index < -0.39 is 0 Å². The zero-order valence-electron chi connectivity index (χ0n) is 6.52. The maximum atomic E-state index is 8.68. The predicted molar refractivity (Wildman–Crippen MR) is 40.7 cm³/mol. The molecule has 0 aliphatic rings. The van der Waals surface area contributed by atoms with Gasteiger partial charge in [0.1, 0.15) is 0 Å². The topological polar surface area (TPSA) is 40.5 Å². The van der Waals surface area contributed by atoms with E-state index in [9.17, 15) is 0 Å². The van der Waals surface area contributed by atoms with E-state index in [-0.39, 0.29) is 13.2 Å². The zero-order chi connectivity index (χ0) is 7.98. The van der Waals surface area contributed by atoms with Gasteiger partial charge in [0.15, 0.2) is 0 Å². The van der Waals surface area contributed by atoms with Crippen molar-refractivity contribution in [2.45, 2.75) is 20.3 Å². The first-order chi connectivity index (χ1) is 4.70. The Kier molecular flexibility index (Phi) is 4.95. The fraction of sp³-hybridized carbons (Fsp3) is 0.625. The van der Waals surface area contributed by atoms with Gasteiger partial charge in [0.2, 0.25) is 0 Å². The molecule has 2 heteroatoms. The lowest BCUT2D eigenvalue weighted by Gasteiger charge is -1.95. The summed E-state index contributed by atoms with van der Waals surface area (Å²) in [6, 6.07) is 0. The minimum atomic E-state index is -0.00819. The third-order valence-electron chi connectivity index (χ3n) is 1.03. The molecule has 0 radical (unpaired) electrons. The summed E-state index contributed by atoms with van der Waals surface area (Å²) in [6.45, 7) is 3.89. The summed E-state index contributed by atoms with van der Waals surface area (Å²) in [5.74, 6) is 0. The first kappa shape index (κ1) is 9.44. The van der Waals surface area contributed by atoms with Crippen molar-refractivity contribution < 1.29 is 10.2 Å². The second-order valence-corrected chi connectivity index (χ2v) is 2.36. The van der Waals surface area contributed by atoms with Crippen LogP contribution in [0.25, 0.3) is 0 Å². The Hall–Kier alpha value is -0.560. The van der Waals surface area contributed by atoms with Crippen LogP contribution in [-0.4, -0.2) is 23.4 Å². The first-order valence-corrected chi connectivity index (χ1v) is 3.34. The molecule has 0 rings (SSSR count). The van der Waals surface area contributed by atoms with Crippen molar-refractivity contribution in [3.63, 3.8) is 0 Å². The number of hydrogen-bond donors (Lipinski definition) is 2. The molecule has 2 N–H and O–H groups in total. The van der Waals surface area contributed by atoms with Gasteiger partial charge in [0.05, 0.1) is 6.61 Å². The minimum absolute atomic E-state index is 0.00819. The van der Waals surface area contributed by atoms with Crippen LogP contribution in [0.5, 0.6) is 0 Å². The van der Waals surface area contributed by atoms with E-state index in [1.54, 1.807) is 0 Å². The molecule has 58 valence electrons. The molecular formula is C8H14O2. The second-order valence-electron chi connectivity index (χ2n) is 2.36. The molecule has 0 amide bonds. The van der Waals surface area contributed by atoms with E-state index in [1.807, 2.05) is 13.8 Å². The molecule has 0 heterocycles. The van der Waals surface area contributed by atoms with Crippen LogP contribution in [0.2, 0.25) is 0 Å². The van der Waals surface area contributed by atoms with Gasteiger partial charge in [0.25, 0.3) is 0 Å². The van der Waals surface area contributed by atoms with Gasteiger partial charge in [-0.15, -0.1) is 5.73 Å². The van der Waals surface area contributed by atoms with Crippen LogP contribution < -0.4 is 0 Å². The lowest BCUT2D eigenvalue weighted by atomic mass is 10.2. The van der Waals surface area contributed by atoms with Crippen LogP contribution in [0.3, 0.4) is 0 Å².